The van der Waals surface area contributed by atoms with Gasteiger partial charge in [0.15, 0.2) is 0 Å². The van der Waals surface area contributed by atoms with Crippen LogP contribution in [0, 0.1) is 0 Å². The summed E-state index contributed by atoms with van der Waals surface area (Å²) in [6.45, 7) is 0. The SMILES string of the molecule is COC(=O)C1=CN(C2CC2)C=C(C(=O)OC)C1c1cccc(OC)c1. The van der Waals surface area contributed by atoms with Crippen molar-refractivity contribution in [3.05, 3.63) is 53.4 Å². The number of carbonyl (C=O) groups excluding carboxylic acids is 2. The van der Waals surface area contributed by atoms with Gasteiger partial charge in [-0.15, -0.1) is 0 Å². The number of rotatable bonds is 5. The quantitative estimate of drug-likeness (QED) is 0.765. The third-order valence-corrected chi connectivity index (χ3v) is 4.44. The van der Waals surface area contributed by atoms with Crippen molar-refractivity contribution in [2.45, 2.75) is 24.8 Å². The number of ether oxygens (including phenoxy) is 3. The Balaban J connectivity index is 2.11. The fourth-order valence-electron chi connectivity index (χ4n) is 3.02. The summed E-state index contributed by atoms with van der Waals surface area (Å²) in [4.78, 5) is 26.8. The molecule has 0 N–H and O–H groups in total. The zero-order valence-electron chi connectivity index (χ0n) is 14.5. The monoisotopic (exact) mass is 343 g/mol. The van der Waals surface area contributed by atoms with Crippen molar-refractivity contribution in [2.75, 3.05) is 21.3 Å². The lowest BCUT2D eigenvalue weighted by Gasteiger charge is -2.30. The molecule has 3 rings (SSSR count). The highest BCUT2D eigenvalue weighted by molar-refractivity contribution is 5.98. The summed E-state index contributed by atoms with van der Waals surface area (Å²) in [6.07, 6.45) is 5.61. The van der Waals surface area contributed by atoms with Crippen LogP contribution in [0.15, 0.2) is 47.8 Å². The summed E-state index contributed by atoms with van der Waals surface area (Å²) in [5.41, 5.74) is 1.58. The van der Waals surface area contributed by atoms with Crippen LogP contribution in [-0.4, -0.2) is 44.2 Å². The van der Waals surface area contributed by atoms with Gasteiger partial charge < -0.3 is 19.1 Å². The van der Waals surface area contributed by atoms with E-state index < -0.39 is 17.9 Å². The molecule has 0 spiro atoms. The molecule has 6 nitrogen and oxygen atoms in total. The third kappa shape index (κ3) is 3.38. The van der Waals surface area contributed by atoms with Crippen LogP contribution < -0.4 is 4.74 Å². The lowest BCUT2D eigenvalue weighted by Crippen LogP contribution is -2.29. The Bertz CT molecular complexity index is 714. The zero-order valence-corrected chi connectivity index (χ0v) is 14.5. The molecule has 0 bridgehead atoms. The number of carbonyl (C=O) groups is 2. The second-order valence-electron chi connectivity index (χ2n) is 6.04. The van der Waals surface area contributed by atoms with Gasteiger partial charge in [-0.05, 0) is 30.5 Å². The molecule has 25 heavy (non-hydrogen) atoms. The van der Waals surface area contributed by atoms with Crippen LogP contribution in [0.3, 0.4) is 0 Å². The maximum absolute atomic E-state index is 12.4. The Morgan fingerprint density at radius 2 is 1.60 bits per heavy atom. The molecular formula is C19H21NO5. The van der Waals surface area contributed by atoms with Gasteiger partial charge in [-0.3, -0.25) is 0 Å². The zero-order chi connectivity index (χ0) is 18.0. The average molecular weight is 343 g/mol. The molecule has 0 amide bonds. The summed E-state index contributed by atoms with van der Waals surface area (Å²) in [5, 5.41) is 0. The molecule has 0 aromatic heterocycles. The lowest BCUT2D eigenvalue weighted by molar-refractivity contribution is -0.137. The van der Waals surface area contributed by atoms with E-state index in [2.05, 4.69) is 0 Å². The van der Waals surface area contributed by atoms with Gasteiger partial charge >= 0.3 is 11.9 Å². The second-order valence-corrected chi connectivity index (χ2v) is 6.04. The highest BCUT2D eigenvalue weighted by Gasteiger charge is 2.38. The van der Waals surface area contributed by atoms with Crippen LogP contribution in [0.5, 0.6) is 5.75 Å². The molecule has 0 saturated heterocycles. The van der Waals surface area contributed by atoms with Crippen molar-refractivity contribution in [2.24, 2.45) is 0 Å². The molecule has 1 heterocycles. The van der Waals surface area contributed by atoms with Gasteiger partial charge in [-0.2, -0.15) is 0 Å². The van der Waals surface area contributed by atoms with Gasteiger partial charge in [0.1, 0.15) is 5.75 Å². The molecule has 1 saturated carbocycles. The number of benzene rings is 1. The summed E-state index contributed by atoms with van der Waals surface area (Å²) in [7, 11) is 4.25. The van der Waals surface area contributed by atoms with E-state index in [1.165, 1.54) is 14.2 Å². The van der Waals surface area contributed by atoms with Gasteiger partial charge in [-0.25, -0.2) is 9.59 Å². The van der Waals surface area contributed by atoms with Crippen molar-refractivity contribution in [3.63, 3.8) is 0 Å². The minimum atomic E-state index is -0.565. The van der Waals surface area contributed by atoms with E-state index in [1.54, 1.807) is 19.5 Å². The summed E-state index contributed by atoms with van der Waals surface area (Å²) in [6, 6.07) is 7.61. The Labute approximate surface area is 146 Å². The normalized spacial score (nSPS) is 17.5. The van der Waals surface area contributed by atoms with Gasteiger partial charge in [-0.1, -0.05) is 12.1 Å². The highest BCUT2D eigenvalue weighted by atomic mass is 16.5. The van der Waals surface area contributed by atoms with Gasteiger partial charge in [0.25, 0.3) is 0 Å². The fraction of sp³-hybridized carbons (Fsp3) is 0.368. The molecule has 0 atom stereocenters. The molecule has 1 aromatic carbocycles. The average Bonchev–Trinajstić information content (AvgIpc) is 3.50. The van der Waals surface area contributed by atoms with Gasteiger partial charge in [0, 0.05) is 18.4 Å². The van der Waals surface area contributed by atoms with Crippen LogP contribution in [0.2, 0.25) is 0 Å². The first-order chi connectivity index (χ1) is 12.1. The number of esters is 2. The van der Waals surface area contributed by atoms with Crippen molar-refractivity contribution < 1.29 is 23.8 Å². The van der Waals surface area contributed by atoms with Crippen molar-refractivity contribution in [1.82, 2.24) is 4.90 Å². The van der Waals surface area contributed by atoms with Gasteiger partial charge in [0.2, 0.25) is 0 Å². The molecule has 0 unspecified atom stereocenters. The first-order valence-electron chi connectivity index (χ1n) is 8.10. The maximum atomic E-state index is 12.4. The molecule has 6 heteroatoms. The molecule has 132 valence electrons. The van der Waals surface area contributed by atoms with E-state index in [4.69, 9.17) is 14.2 Å². The van der Waals surface area contributed by atoms with Crippen molar-refractivity contribution in [3.8, 4) is 5.75 Å². The van der Waals surface area contributed by atoms with Crippen LogP contribution in [0.25, 0.3) is 0 Å². The van der Waals surface area contributed by atoms with E-state index in [-0.39, 0.29) is 0 Å². The molecule has 1 aliphatic carbocycles. The van der Waals surface area contributed by atoms with Crippen LogP contribution >= 0.6 is 0 Å². The second kappa shape index (κ2) is 7.01. The van der Waals surface area contributed by atoms with Crippen LogP contribution in [-0.2, 0) is 19.1 Å². The topological polar surface area (TPSA) is 65.1 Å². The first-order valence-corrected chi connectivity index (χ1v) is 8.10. The number of methoxy groups -OCH3 is 3. The largest absolute Gasteiger partial charge is 0.497 e. The summed E-state index contributed by atoms with van der Waals surface area (Å²) in [5.74, 6) is -0.846. The predicted octanol–water partition coefficient (Wildman–Crippen LogP) is 2.37. The van der Waals surface area contributed by atoms with E-state index in [9.17, 15) is 9.59 Å². The number of hydrogen-bond acceptors (Lipinski definition) is 6. The molecule has 0 radical (unpaired) electrons. The smallest absolute Gasteiger partial charge is 0.336 e. The maximum Gasteiger partial charge on any atom is 0.336 e. The number of hydrogen-bond donors (Lipinski definition) is 0. The Hall–Kier alpha value is -2.76. The van der Waals surface area contributed by atoms with Gasteiger partial charge in [0.05, 0.1) is 38.4 Å². The Morgan fingerprint density at radius 3 is 2.08 bits per heavy atom. The summed E-state index contributed by atoms with van der Waals surface area (Å²) >= 11 is 0. The Morgan fingerprint density at radius 1 is 1.00 bits per heavy atom. The van der Waals surface area contributed by atoms with Crippen molar-refractivity contribution in [1.29, 1.82) is 0 Å². The molecule has 1 aliphatic heterocycles. The van der Waals surface area contributed by atoms with E-state index >= 15 is 0 Å². The van der Waals surface area contributed by atoms with E-state index in [0.717, 1.165) is 18.4 Å². The van der Waals surface area contributed by atoms with Crippen molar-refractivity contribution >= 4 is 11.9 Å². The lowest BCUT2D eigenvalue weighted by atomic mass is 9.83. The fourth-order valence-corrected chi connectivity index (χ4v) is 3.02. The minimum Gasteiger partial charge on any atom is -0.497 e. The molecule has 2 aliphatic rings. The first kappa shape index (κ1) is 17.1. The number of nitrogens with zero attached hydrogens (tertiary/aromatic N) is 1. The van der Waals surface area contributed by atoms with E-state index in [0.29, 0.717) is 22.9 Å². The van der Waals surface area contributed by atoms with E-state index in [1.807, 2.05) is 29.2 Å². The van der Waals surface area contributed by atoms with Crippen LogP contribution in [0.1, 0.15) is 24.3 Å². The standard InChI is InChI=1S/C19H21NO5/c1-23-14-6-4-5-12(9-14)17-15(18(21)24-2)10-20(13-7-8-13)11-16(17)19(22)25-3/h4-6,9-11,13,17H,7-8H2,1-3H3. The molecule has 1 fully saturated rings. The highest BCUT2D eigenvalue weighted by Crippen LogP contribution is 2.41. The molecule has 1 aromatic rings. The summed E-state index contributed by atoms with van der Waals surface area (Å²) < 4.78 is 15.2. The van der Waals surface area contributed by atoms with Crippen LogP contribution in [0.4, 0.5) is 0 Å². The third-order valence-electron chi connectivity index (χ3n) is 4.44. The Kier molecular flexibility index (Phi) is 4.79. The predicted molar refractivity (Wildman–Crippen MR) is 90.8 cm³/mol. The molecular weight excluding hydrogens is 322 g/mol. The minimum absolute atomic E-state index is 0.311.